The van der Waals surface area contributed by atoms with Crippen molar-refractivity contribution in [3.63, 3.8) is 0 Å². The summed E-state index contributed by atoms with van der Waals surface area (Å²) in [6, 6.07) is 11.8. The average Bonchev–Trinajstić information content (AvgIpc) is 3.07. The standard InChI is InChI=1S/C18H17NO3S/c1-12-3-6-15(7-4-12)23(20,21)16(11-19)10-14-5-8-18(22-14)17-9-13(17)2/h3-8,10,13,17H,9H2,1-2H3/b16-10+/t13-,17-/m1/s1. The Bertz CT molecular complexity index is 898. The second-order valence-corrected chi connectivity index (χ2v) is 7.91. The van der Waals surface area contributed by atoms with E-state index in [-0.39, 0.29) is 9.80 Å². The van der Waals surface area contributed by atoms with Crippen LogP contribution in [0.1, 0.15) is 36.3 Å². The van der Waals surface area contributed by atoms with Gasteiger partial charge in [0, 0.05) is 12.0 Å². The predicted molar refractivity (Wildman–Crippen MR) is 87.2 cm³/mol. The van der Waals surface area contributed by atoms with Gasteiger partial charge in [-0.3, -0.25) is 0 Å². The maximum absolute atomic E-state index is 12.6. The molecule has 1 aromatic heterocycles. The molecular formula is C18H17NO3S. The number of rotatable bonds is 4. The van der Waals surface area contributed by atoms with E-state index in [2.05, 4.69) is 6.92 Å². The zero-order valence-corrected chi connectivity index (χ0v) is 13.8. The molecule has 2 aromatic rings. The van der Waals surface area contributed by atoms with Gasteiger partial charge >= 0.3 is 0 Å². The van der Waals surface area contributed by atoms with E-state index >= 15 is 0 Å². The summed E-state index contributed by atoms with van der Waals surface area (Å²) in [7, 11) is -3.83. The van der Waals surface area contributed by atoms with Crippen LogP contribution in [0.4, 0.5) is 0 Å². The minimum atomic E-state index is -3.83. The molecule has 118 valence electrons. The first-order chi connectivity index (χ1) is 10.9. The minimum Gasteiger partial charge on any atom is -0.461 e. The lowest BCUT2D eigenvalue weighted by Gasteiger charge is -2.03. The van der Waals surface area contributed by atoms with Gasteiger partial charge in [-0.2, -0.15) is 5.26 Å². The van der Waals surface area contributed by atoms with Crippen LogP contribution in [0.2, 0.25) is 0 Å². The van der Waals surface area contributed by atoms with Gasteiger partial charge in [-0.05, 0) is 43.5 Å². The van der Waals surface area contributed by atoms with Crippen molar-refractivity contribution in [2.45, 2.75) is 31.1 Å². The van der Waals surface area contributed by atoms with Crippen molar-refractivity contribution >= 4 is 15.9 Å². The van der Waals surface area contributed by atoms with E-state index in [1.54, 1.807) is 24.3 Å². The van der Waals surface area contributed by atoms with Gasteiger partial charge in [-0.1, -0.05) is 24.6 Å². The predicted octanol–water partition coefficient (Wildman–Crippen LogP) is 4.05. The van der Waals surface area contributed by atoms with Crippen LogP contribution in [-0.2, 0) is 9.84 Å². The molecule has 1 aromatic carbocycles. The maximum Gasteiger partial charge on any atom is 0.216 e. The molecule has 1 fully saturated rings. The summed E-state index contributed by atoms with van der Waals surface area (Å²) in [5.74, 6) is 2.27. The van der Waals surface area contributed by atoms with Crippen LogP contribution in [0, 0.1) is 24.2 Å². The lowest BCUT2D eigenvalue weighted by Crippen LogP contribution is -2.03. The lowest BCUT2D eigenvalue weighted by atomic mass is 10.2. The summed E-state index contributed by atoms with van der Waals surface area (Å²) >= 11 is 0. The highest BCUT2D eigenvalue weighted by molar-refractivity contribution is 7.95. The third kappa shape index (κ3) is 3.08. The fraction of sp³-hybridized carbons (Fsp3) is 0.278. The molecular weight excluding hydrogens is 310 g/mol. The van der Waals surface area contributed by atoms with Gasteiger partial charge in [0.15, 0.2) is 4.91 Å². The molecule has 3 rings (SSSR count). The minimum absolute atomic E-state index is 0.110. The number of allylic oxidation sites excluding steroid dienone is 1. The molecule has 0 bridgehead atoms. The van der Waals surface area contributed by atoms with E-state index in [0.717, 1.165) is 17.7 Å². The first kappa shape index (κ1) is 15.6. The fourth-order valence-corrected chi connectivity index (χ4v) is 3.65. The Morgan fingerprint density at radius 2 is 1.91 bits per heavy atom. The summed E-state index contributed by atoms with van der Waals surface area (Å²) in [5, 5.41) is 9.27. The summed E-state index contributed by atoms with van der Waals surface area (Å²) < 4.78 is 30.8. The zero-order valence-electron chi connectivity index (χ0n) is 13.0. The molecule has 0 N–H and O–H groups in total. The number of aryl methyl sites for hydroxylation is 1. The Morgan fingerprint density at radius 3 is 2.48 bits per heavy atom. The molecule has 0 amide bonds. The molecule has 0 aliphatic heterocycles. The van der Waals surface area contributed by atoms with Gasteiger partial charge in [0.1, 0.15) is 17.6 Å². The highest BCUT2D eigenvalue weighted by Gasteiger charge is 2.36. The third-order valence-electron chi connectivity index (χ3n) is 4.13. The van der Waals surface area contributed by atoms with Crippen molar-refractivity contribution in [2.24, 2.45) is 5.92 Å². The molecule has 0 spiro atoms. The monoisotopic (exact) mass is 327 g/mol. The van der Waals surface area contributed by atoms with Crippen molar-refractivity contribution < 1.29 is 12.8 Å². The highest BCUT2D eigenvalue weighted by atomic mass is 32.2. The topological polar surface area (TPSA) is 71.1 Å². The van der Waals surface area contributed by atoms with Crippen LogP contribution in [0.5, 0.6) is 0 Å². The van der Waals surface area contributed by atoms with Crippen LogP contribution in [0.15, 0.2) is 50.6 Å². The molecule has 0 radical (unpaired) electrons. The number of benzene rings is 1. The van der Waals surface area contributed by atoms with Crippen LogP contribution in [0.25, 0.3) is 6.08 Å². The van der Waals surface area contributed by atoms with E-state index in [9.17, 15) is 13.7 Å². The normalized spacial score (nSPS) is 21.0. The molecule has 1 saturated carbocycles. The molecule has 5 heteroatoms. The van der Waals surface area contributed by atoms with E-state index in [4.69, 9.17) is 4.42 Å². The number of nitrogens with zero attached hydrogens (tertiary/aromatic N) is 1. The fourth-order valence-electron chi connectivity index (χ4n) is 2.51. The molecule has 2 atom stereocenters. The van der Waals surface area contributed by atoms with Crippen molar-refractivity contribution in [3.8, 4) is 6.07 Å². The van der Waals surface area contributed by atoms with E-state index in [1.165, 1.54) is 18.2 Å². The molecule has 4 nitrogen and oxygen atoms in total. The average molecular weight is 327 g/mol. The van der Waals surface area contributed by atoms with Crippen molar-refractivity contribution in [3.05, 3.63) is 58.4 Å². The molecule has 0 saturated heterocycles. The summed E-state index contributed by atoms with van der Waals surface area (Å²) in [4.78, 5) is -0.204. The van der Waals surface area contributed by atoms with Gasteiger partial charge in [0.05, 0.1) is 4.90 Å². The first-order valence-corrected chi connectivity index (χ1v) is 8.93. The van der Waals surface area contributed by atoms with Gasteiger partial charge in [-0.25, -0.2) is 8.42 Å². The van der Waals surface area contributed by atoms with E-state index in [0.29, 0.717) is 17.6 Å². The van der Waals surface area contributed by atoms with Crippen molar-refractivity contribution in [1.29, 1.82) is 5.26 Å². The summed E-state index contributed by atoms with van der Waals surface area (Å²) in [5.41, 5.74) is 0.959. The van der Waals surface area contributed by atoms with Crippen LogP contribution >= 0.6 is 0 Å². The van der Waals surface area contributed by atoms with Gasteiger partial charge < -0.3 is 4.42 Å². The number of furan rings is 1. The molecule has 1 heterocycles. The third-order valence-corrected chi connectivity index (χ3v) is 5.81. The van der Waals surface area contributed by atoms with Gasteiger partial charge in [0.25, 0.3) is 0 Å². The smallest absolute Gasteiger partial charge is 0.216 e. The lowest BCUT2D eigenvalue weighted by molar-refractivity contribution is 0.497. The summed E-state index contributed by atoms with van der Waals surface area (Å²) in [6.07, 6.45) is 2.38. The quantitative estimate of drug-likeness (QED) is 0.794. The Kier molecular flexibility index (Phi) is 3.87. The molecule has 23 heavy (non-hydrogen) atoms. The molecule has 1 aliphatic rings. The Hall–Kier alpha value is -2.32. The first-order valence-electron chi connectivity index (χ1n) is 7.45. The zero-order chi connectivity index (χ0) is 16.6. The Morgan fingerprint density at radius 1 is 1.26 bits per heavy atom. The largest absolute Gasteiger partial charge is 0.461 e. The molecule has 1 aliphatic carbocycles. The summed E-state index contributed by atoms with van der Waals surface area (Å²) in [6.45, 7) is 4.02. The van der Waals surface area contributed by atoms with E-state index < -0.39 is 9.84 Å². The number of hydrogen-bond donors (Lipinski definition) is 0. The van der Waals surface area contributed by atoms with Crippen molar-refractivity contribution in [2.75, 3.05) is 0 Å². The number of nitriles is 1. The molecule has 0 unspecified atom stereocenters. The second kappa shape index (κ2) is 5.71. The Balaban J connectivity index is 1.93. The highest BCUT2D eigenvalue weighted by Crippen LogP contribution is 2.47. The van der Waals surface area contributed by atoms with Crippen molar-refractivity contribution in [1.82, 2.24) is 0 Å². The van der Waals surface area contributed by atoms with Crippen LogP contribution < -0.4 is 0 Å². The van der Waals surface area contributed by atoms with Gasteiger partial charge in [-0.15, -0.1) is 0 Å². The van der Waals surface area contributed by atoms with Gasteiger partial charge in [0.2, 0.25) is 9.84 Å². The number of hydrogen-bond acceptors (Lipinski definition) is 4. The number of sulfone groups is 1. The maximum atomic E-state index is 12.6. The second-order valence-electron chi connectivity index (χ2n) is 6.00. The van der Waals surface area contributed by atoms with Crippen LogP contribution in [-0.4, -0.2) is 8.42 Å². The van der Waals surface area contributed by atoms with E-state index in [1.807, 2.05) is 13.0 Å². The van der Waals surface area contributed by atoms with Crippen LogP contribution in [0.3, 0.4) is 0 Å². The SMILES string of the molecule is Cc1ccc(S(=O)(=O)/C(C#N)=C/c2ccc([C@@H]3C[C@H]3C)o2)cc1. The Labute approximate surface area is 136 Å².